The minimum atomic E-state index is -0.388. The molecular formula is C23H29ClFN3O2. The third-order valence-electron chi connectivity index (χ3n) is 6.48. The number of carbonyl (C=O) groups excluding carboxylic acids is 1. The molecule has 1 aromatic heterocycles. The van der Waals surface area contributed by atoms with Gasteiger partial charge in [-0.05, 0) is 50.9 Å². The average Bonchev–Trinajstić information content (AvgIpc) is 3.21. The van der Waals surface area contributed by atoms with Gasteiger partial charge in [-0.25, -0.2) is 9.37 Å². The fraction of sp³-hybridized carbons (Fsp3) is 0.565. The van der Waals surface area contributed by atoms with Crippen LogP contribution in [-0.2, 0) is 4.79 Å². The van der Waals surface area contributed by atoms with Crippen LogP contribution < -0.4 is 10.1 Å². The summed E-state index contributed by atoms with van der Waals surface area (Å²) in [5.41, 5.74) is 1.22. The Kier molecular flexibility index (Phi) is 6.74. The molecule has 0 spiro atoms. The van der Waals surface area contributed by atoms with E-state index in [1.807, 2.05) is 17.9 Å². The molecule has 1 amide bonds. The van der Waals surface area contributed by atoms with Gasteiger partial charge in [-0.1, -0.05) is 18.2 Å². The van der Waals surface area contributed by atoms with Gasteiger partial charge in [0, 0.05) is 36.9 Å². The molecule has 30 heavy (non-hydrogen) atoms. The second-order valence-electron chi connectivity index (χ2n) is 8.49. The summed E-state index contributed by atoms with van der Waals surface area (Å²) in [6.45, 7) is 5.17. The molecule has 2 fully saturated rings. The Bertz CT molecular complexity index is 807. The number of allylic oxidation sites excluding steroid dienone is 3. The molecule has 0 bridgehead atoms. The van der Waals surface area contributed by atoms with Gasteiger partial charge in [-0.15, -0.1) is 11.6 Å². The maximum absolute atomic E-state index is 13.2. The molecule has 0 aromatic carbocycles. The highest BCUT2D eigenvalue weighted by molar-refractivity contribution is 6.22. The monoisotopic (exact) mass is 433 g/mol. The van der Waals surface area contributed by atoms with Crippen molar-refractivity contribution >= 4 is 17.5 Å². The minimum Gasteiger partial charge on any atom is -0.474 e. The van der Waals surface area contributed by atoms with E-state index in [4.69, 9.17) is 16.3 Å². The van der Waals surface area contributed by atoms with Crippen LogP contribution in [0.15, 0.2) is 42.1 Å². The van der Waals surface area contributed by atoms with Gasteiger partial charge in [0.2, 0.25) is 11.8 Å². The molecule has 3 heterocycles. The number of likely N-dealkylation sites (tertiary alicyclic amines) is 1. The van der Waals surface area contributed by atoms with Crippen LogP contribution >= 0.6 is 11.6 Å². The van der Waals surface area contributed by atoms with E-state index in [0.29, 0.717) is 19.0 Å². The van der Waals surface area contributed by atoms with Gasteiger partial charge in [0.1, 0.15) is 11.9 Å². The molecule has 4 unspecified atom stereocenters. The zero-order valence-electron chi connectivity index (χ0n) is 17.3. The molecule has 3 aliphatic rings. The van der Waals surface area contributed by atoms with E-state index < -0.39 is 0 Å². The number of nitrogens with zero attached hydrogens (tertiary/aromatic N) is 2. The second-order valence-corrected chi connectivity index (χ2v) is 9.05. The number of aromatic nitrogens is 1. The molecule has 2 saturated heterocycles. The SMILES string of the molecule is CC(Oc1ccc(F)cn1)C1CN(C(=O)C2CCNCC2)CC1C1=CCC(Cl)C=C1. The average molecular weight is 434 g/mol. The molecule has 0 saturated carbocycles. The molecular weight excluding hydrogens is 405 g/mol. The topological polar surface area (TPSA) is 54.5 Å². The van der Waals surface area contributed by atoms with Crippen molar-refractivity contribution in [2.24, 2.45) is 17.8 Å². The zero-order valence-corrected chi connectivity index (χ0v) is 18.0. The Morgan fingerprint density at radius 3 is 2.80 bits per heavy atom. The summed E-state index contributed by atoms with van der Waals surface area (Å²) in [5, 5.41) is 3.35. The molecule has 0 radical (unpaired) electrons. The number of carbonyl (C=O) groups is 1. The lowest BCUT2D eigenvalue weighted by molar-refractivity contribution is -0.135. The summed E-state index contributed by atoms with van der Waals surface area (Å²) in [7, 11) is 0. The molecule has 2 aliphatic heterocycles. The Morgan fingerprint density at radius 1 is 1.33 bits per heavy atom. The maximum Gasteiger partial charge on any atom is 0.225 e. The number of alkyl halides is 1. The van der Waals surface area contributed by atoms with E-state index in [1.54, 1.807) is 6.07 Å². The van der Waals surface area contributed by atoms with Gasteiger partial charge in [-0.3, -0.25) is 4.79 Å². The third-order valence-corrected chi connectivity index (χ3v) is 6.80. The Hall–Kier alpha value is -1.92. The van der Waals surface area contributed by atoms with Crippen molar-refractivity contribution in [2.45, 2.75) is 37.7 Å². The predicted molar refractivity (Wildman–Crippen MR) is 115 cm³/mol. The van der Waals surface area contributed by atoms with Crippen molar-refractivity contribution in [1.82, 2.24) is 15.2 Å². The third kappa shape index (κ3) is 4.86. The van der Waals surface area contributed by atoms with Crippen LogP contribution in [0.5, 0.6) is 5.88 Å². The van der Waals surface area contributed by atoms with E-state index in [2.05, 4.69) is 22.5 Å². The molecule has 4 atom stereocenters. The van der Waals surface area contributed by atoms with Gasteiger partial charge in [0.25, 0.3) is 0 Å². The van der Waals surface area contributed by atoms with Gasteiger partial charge >= 0.3 is 0 Å². The first-order valence-corrected chi connectivity index (χ1v) is 11.2. The maximum atomic E-state index is 13.2. The predicted octanol–water partition coefficient (Wildman–Crippen LogP) is 3.56. The summed E-state index contributed by atoms with van der Waals surface area (Å²) in [4.78, 5) is 19.2. The normalized spacial score (nSPS) is 28.3. The van der Waals surface area contributed by atoms with Crippen molar-refractivity contribution in [3.8, 4) is 5.88 Å². The fourth-order valence-corrected chi connectivity index (χ4v) is 4.92. The van der Waals surface area contributed by atoms with Crippen LogP contribution in [0.2, 0.25) is 0 Å². The number of hydrogen-bond donors (Lipinski definition) is 1. The lowest BCUT2D eigenvalue weighted by Gasteiger charge is -2.27. The summed E-state index contributed by atoms with van der Waals surface area (Å²) in [6.07, 6.45) is 9.90. The van der Waals surface area contributed by atoms with Crippen LogP contribution in [0.25, 0.3) is 0 Å². The Morgan fingerprint density at radius 2 is 2.13 bits per heavy atom. The molecule has 1 aliphatic carbocycles. The van der Waals surface area contributed by atoms with E-state index >= 15 is 0 Å². The Balaban J connectivity index is 1.51. The van der Waals surface area contributed by atoms with Crippen LogP contribution in [0.3, 0.4) is 0 Å². The number of nitrogens with one attached hydrogen (secondary N) is 1. The quantitative estimate of drug-likeness (QED) is 0.721. The second kappa shape index (κ2) is 9.48. The van der Waals surface area contributed by atoms with Crippen LogP contribution in [0, 0.1) is 23.6 Å². The molecule has 162 valence electrons. The van der Waals surface area contributed by atoms with E-state index in [1.165, 1.54) is 11.6 Å². The first kappa shape index (κ1) is 21.3. The zero-order chi connectivity index (χ0) is 21.1. The number of piperidine rings is 1. The first-order chi connectivity index (χ1) is 14.5. The van der Waals surface area contributed by atoms with Gasteiger partial charge in [-0.2, -0.15) is 0 Å². The van der Waals surface area contributed by atoms with Crippen LogP contribution in [0.1, 0.15) is 26.2 Å². The number of ether oxygens (including phenoxy) is 1. The number of rotatable bonds is 5. The van der Waals surface area contributed by atoms with Crippen molar-refractivity contribution in [3.63, 3.8) is 0 Å². The largest absolute Gasteiger partial charge is 0.474 e. The highest BCUT2D eigenvalue weighted by atomic mass is 35.5. The van der Waals surface area contributed by atoms with Crippen molar-refractivity contribution in [3.05, 3.63) is 47.9 Å². The van der Waals surface area contributed by atoms with Crippen molar-refractivity contribution in [1.29, 1.82) is 0 Å². The van der Waals surface area contributed by atoms with Crippen LogP contribution in [0.4, 0.5) is 4.39 Å². The highest BCUT2D eigenvalue weighted by Gasteiger charge is 2.42. The minimum absolute atomic E-state index is 0.0261. The van der Waals surface area contributed by atoms with Crippen LogP contribution in [-0.4, -0.2) is 53.5 Å². The summed E-state index contributed by atoms with van der Waals surface area (Å²) in [6, 6.07) is 2.90. The summed E-state index contributed by atoms with van der Waals surface area (Å²) in [5.74, 6) is 0.688. The number of amides is 1. The smallest absolute Gasteiger partial charge is 0.225 e. The molecule has 4 rings (SSSR count). The van der Waals surface area contributed by atoms with E-state index in [0.717, 1.165) is 38.5 Å². The lowest BCUT2D eigenvalue weighted by atomic mass is 9.83. The fourth-order valence-electron chi connectivity index (χ4n) is 4.76. The van der Waals surface area contributed by atoms with Gasteiger partial charge < -0.3 is 15.0 Å². The van der Waals surface area contributed by atoms with Gasteiger partial charge in [0.15, 0.2) is 0 Å². The summed E-state index contributed by atoms with van der Waals surface area (Å²) >= 11 is 6.22. The molecule has 7 heteroatoms. The highest BCUT2D eigenvalue weighted by Crippen LogP contribution is 2.37. The molecule has 5 nitrogen and oxygen atoms in total. The van der Waals surface area contributed by atoms with Crippen molar-refractivity contribution < 1.29 is 13.9 Å². The van der Waals surface area contributed by atoms with E-state index in [-0.39, 0.29) is 41.0 Å². The summed E-state index contributed by atoms with van der Waals surface area (Å²) < 4.78 is 19.3. The number of halogens is 2. The number of hydrogen-bond acceptors (Lipinski definition) is 4. The van der Waals surface area contributed by atoms with Gasteiger partial charge in [0.05, 0.1) is 11.6 Å². The number of pyridine rings is 1. The molecule has 1 aromatic rings. The van der Waals surface area contributed by atoms with E-state index in [9.17, 15) is 9.18 Å². The standard InChI is InChI=1S/C23H29ClFN3O2/c1-15(30-22-7-6-19(25)12-27-22)20-13-28(23(29)17-8-10-26-11-9-17)14-21(20)16-2-4-18(24)5-3-16/h2-4,6-7,12,15,17-18,20-21,26H,5,8-11,13-14H2,1H3. The first-order valence-electron chi connectivity index (χ1n) is 10.8. The lowest BCUT2D eigenvalue weighted by Crippen LogP contribution is -2.40. The molecule has 1 N–H and O–H groups in total. The Labute approximate surface area is 182 Å². The van der Waals surface area contributed by atoms with Crippen molar-refractivity contribution in [2.75, 3.05) is 26.2 Å².